The molecule has 4 nitrogen and oxygen atoms in total. The molecule has 0 rings (SSSR count). The Kier molecular flexibility index (Phi) is 3.40. The Morgan fingerprint density at radius 2 is 2.44 bits per heavy atom. The molecule has 1 unspecified atom stereocenters. The van der Waals surface area contributed by atoms with Gasteiger partial charge in [0.2, 0.25) is 0 Å². The van der Waals surface area contributed by atoms with E-state index < -0.39 is 18.5 Å². The number of nitrogens with zero attached hydrogens (tertiary/aromatic N) is 1. The molecule has 0 amide bonds. The van der Waals surface area contributed by atoms with Gasteiger partial charge >= 0.3 is 0 Å². The lowest BCUT2D eigenvalue weighted by Crippen LogP contribution is -2.27. The van der Waals surface area contributed by atoms with Gasteiger partial charge < -0.3 is 15.0 Å². The third kappa shape index (κ3) is 4.78. The quantitative estimate of drug-likeness (QED) is 0.496. The van der Waals surface area contributed by atoms with E-state index in [0.29, 0.717) is 0 Å². The SMILES string of the molecule is N#CCC(O)CC(=O)[O-]. The standard InChI is InChI=1S/C5H7NO3/c6-2-1-4(7)3-5(8)9/h4,7H,1,3H2,(H,8,9)/p-1. The number of carbonyl (C=O) groups excluding carboxylic acids is 1. The maximum atomic E-state index is 9.70. The summed E-state index contributed by atoms with van der Waals surface area (Å²) in [5, 5.41) is 26.2. The maximum absolute atomic E-state index is 9.70. The van der Waals surface area contributed by atoms with Gasteiger partial charge in [0.25, 0.3) is 0 Å². The van der Waals surface area contributed by atoms with Crippen LogP contribution < -0.4 is 5.11 Å². The Labute approximate surface area is 52.3 Å². The fourth-order valence-electron chi connectivity index (χ4n) is 0.370. The molecule has 4 heteroatoms. The monoisotopic (exact) mass is 128 g/mol. The van der Waals surface area contributed by atoms with Crippen LogP contribution in [0.4, 0.5) is 0 Å². The molecule has 1 N–H and O–H groups in total. The predicted octanol–water partition coefficient (Wildman–Crippen LogP) is -1.60. The zero-order valence-corrected chi connectivity index (χ0v) is 4.70. The summed E-state index contributed by atoms with van der Waals surface area (Å²) in [5.74, 6) is -1.34. The molecule has 0 aliphatic carbocycles. The van der Waals surface area contributed by atoms with Crippen LogP contribution >= 0.6 is 0 Å². The van der Waals surface area contributed by atoms with Crippen LogP contribution in [0.1, 0.15) is 12.8 Å². The summed E-state index contributed by atoms with van der Waals surface area (Å²) < 4.78 is 0. The highest BCUT2D eigenvalue weighted by atomic mass is 16.4. The van der Waals surface area contributed by atoms with E-state index in [0.717, 1.165) is 0 Å². The molecular weight excluding hydrogens is 122 g/mol. The first-order valence-electron chi connectivity index (χ1n) is 2.41. The fraction of sp³-hybridized carbons (Fsp3) is 0.600. The summed E-state index contributed by atoms with van der Waals surface area (Å²) in [4.78, 5) is 9.70. The lowest BCUT2D eigenvalue weighted by Gasteiger charge is -2.04. The highest BCUT2D eigenvalue weighted by Gasteiger charge is 2.01. The summed E-state index contributed by atoms with van der Waals surface area (Å²) in [6.45, 7) is 0. The molecule has 0 radical (unpaired) electrons. The fourth-order valence-corrected chi connectivity index (χ4v) is 0.370. The summed E-state index contributed by atoms with van der Waals surface area (Å²) in [7, 11) is 0. The van der Waals surface area contributed by atoms with Gasteiger partial charge in [0, 0.05) is 12.4 Å². The Balaban J connectivity index is 3.40. The average molecular weight is 128 g/mol. The van der Waals surface area contributed by atoms with Crippen LogP contribution in [0.15, 0.2) is 0 Å². The number of aliphatic carboxylic acids is 1. The second-order valence-electron chi connectivity index (χ2n) is 1.59. The molecule has 0 aliphatic heterocycles. The number of nitriles is 1. The van der Waals surface area contributed by atoms with Crippen molar-refractivity contribution in [2.24, 2.45) is 0 Å². The third-order valence-electron chi connectivity index (χ3n) is 0.729. The van der Waals surface area contributed by atoms with Gasteiger partial charge in [-0.15, -0.1) is 0 Å². The number of aliphatic hydroxyl groups is 1. The van der Waals surface area contributed by atoms with Crippen molar-refractivity contribution in [2.75, 3.05) is 0 Å². The van der Waals surface area contributed by atoms with Crippen molar-refractivity contribution in [1.29, 1.82) is 5.26 Å². The van der Waals surface area contributed by atoms with Crippen LogP contribution in [0.5, 0.6) is 0 Å². The van der Waals surface area contributed by atoms with Crippen LogP contribution in [-0.2, 0) is 4.79 Å². The number of carboxylic acids is 1. The van der Waals surface area contributed by atoms with Crippen LogP contribution in [0.3, 0.4) is 0 Å². The van der Waals surface area contributed by atoms with E-state index in [4.69, 9.17) is 10.4 Å². The first kappa shape index (κ1) is 7.92. The zero-order chi connectivity index (χ0) is 7.28. The van der Waals surface area contributed by atoms with E-state index in [2.05, 4.69) is 0 Å². The van der Waals surface area contributed by atoms with Crippen LogP contribution in [0, 0.1) is 11.3 Å². The summed E-state index contributed by atoms with van der Waals surface area (Å²) in [5.41, 5.74) is 0. The average Bonchev–Trinajstić information content (AvgIpc) is 1.63. The molecule has 1 atom stereocenters. The third-order valence-corrected chi connectivity index (χ3v) is 0.729. The first-order chi connectivity index (χ1) is 4.16. The maximum Gasteiger partial charge on any atom is 0.0722 e. The predicted molar refractivity (Wildman–Crippen MR) is 25.9 cm³/mol. The number of carboxylic acid groups (broad SMARTS) is 1. The topological polar surface area (TPSA) is 84.1 Å². The molecule has 0 aromatic carbocycles. The number of carbonyl (C=O) groups is 1. The summed E-state index contributed by atoms with van der Waals surface area (Å²) in [6, 6.07) is 1.63. The molecule has 0 bridgehead atoms. The van der Waals surface area contributed by atoms with Crippen molar-refractivity contribution in [3.05, 3.63) is 0 Å². The first-order valence-corrected chi connectivity index (χ1v) is 2.41. The minimum absolute atomic E-state index is 0.159. The van der Waals surface area contributed by atoms with Gasteiger partial charge in [0.15, 0.2) is 0 Å². The lowest BCUT2D eigenvalue weighted by atomic mass is 10.2. The molecule has 0 saturated heterocycles. The van der Waals surface area contributed by atoms with Gasteiger partial charge in [0.1, 0.15) is 0 Å². The molecule has 0 aromatic rings. The minimum Gasteiger partial charge on any atom is -0.550 e. The Hall–Kier alpha value is -1.08. The summed E-state index contributed by atoms with van der Waals surface area (Å²) in [6.07, 6.45) is -1.71. The van der Waals surface area contributed by atoms with Gasteiger partial charge in [-0.25, -0.2) is 0 Å². The van der Waals surface area contributed by atoms with Gasteiger partial charge in [-0.1, -0.05) is 0 Å². The van der Waals surface area contributed by atoms with Crippen molar-refractivity contribution in [3.63, 3.8) is 0 Å². The van der Waals surface area contributed by atoms with E-state index >= 15 is 0 Å². The van der Waals surface area contributed by atoms with Gasteiger partial charge in [0.05, 0.1) is 18.6 Å². The van der Waals surface area contributed by atoms with E-state index in [1.165, 1.54) is 0 Å². The molecule has 0 heterocycles. The molecule has 0 saturated carbocycles. The largest absolute Gasteiger partial charge is 0.550 e. The Bertz CT molecular complexity index is 138. The number of aliphatic hydroxyl groups excluding tert-OH is 1. The smallest absolute Gasteiger partial charge is 0.0722 e. The van der Waals surface area contributed by atoms with Gasteiger partial charge in [-0.3, -0.25) is 0 Å². The van der Waals surface area contributed by atoms with E-state index in [1.807, 2.05) is 0 Å². The van der Waals surface area contributed by atoms with Gasteiger partial charge in [-0.05, 0) is 0 Å². The highest BCUT2D eigenvalue weighted by Crippen LogP contribution is 1.93. The molecule has 0 aliphatic rings. The van der Waals surface area contributed by atoms with Crippen LogP contribution in [0.2, 0.25) is 0 Å². The minimum atomic E-state index is -1.34. The molecule has 0 aromatic heterocycles. The Morgan fingerprint density at radius 1 is 1.89 bits per heavy atom. The normalized spacial score (nSPS) is 12.0. The van der Waals surface area contributed by atoms with Crippen molar-refractivity contribution in [1.82, 2.24) is 0 Å². The van der Waals surface area contributed by atoms with E-state index in [1.54, 1.807) is 6.07 Å². The molecular formula is C5H6NO3-. The molecule has 0 fully saturated rings. The van der Waals surface area contributed by atoms with E-state index in [-0.39, 0.29) is 6.42 Å². The van der Waals surface area contributed by atoms with Crippen molar-refractivity contribution in [2.45, 2.75) is 18.9 Å². The summed E-state index contributed by atoms with van der Waals surface area (Å²) >= 11 is 0. The van der Waals surface area contributed by atoms with Crippen LogP contribution in [0.25, 0.3) is 0 Å². The van der Waals surface area contributed by atoms with Crippen molar-refractivity contribution >= 4 is 5.97 Å². The van der Waals surface area contributed by atoms with E-state index in [9.17, 15) is 9.90 Å². The van der Waals surface area contributed by atoms with Crippen molar-refractivity contribution in [3.8, 4) is 6.07 Å². The number of hydrogen-bond donors (Lipinski definition) is 1. The molecule has 0 spiro atoms. The second-order valence-corrected chi connectivity index (χ2v) is 1.59. The van der Waals surface area contributed by atoms with Crippen molar-refractivity contribution < 1.29 is 15.0 Å². The number of hydrogen-bond acceptors (Lipinski definition) is 4. The zero-order valence-electron chi connectivity index (χ0n) is 4.70. The lowest BCUT2D eigenvalue weighted by molar-refractivity contribution is -0.307. The van der Waals surface area contributed by atoms with Crippen LogP contribution in [-0.4, -0.2) is 17.2 Å². The van der Waals surface area contributed by atoms with Gasteiger partial charge in [-0.2, -0.15) is 5.26 Å². The molecule has 50 valence electrons. The molecule has 9 heavy (non-hydrogen) atoms. The highest BCUT2D eigenvalue weighted by molar-refractivity contribution is 5.64. The second kappa shape index (κ2) is 3.87. The Morgan fingerprint density at radius 3 is 2.78 bits per heavy atom. The number of rotatable bonds is 3.